The van der Waals surface area contributed by atoms with E-state index in [2.05, 4.69) is 5.32 Å². The fourth-order valence-corrected chi connectivity index (χ4v) is 3.23. The Labute approximate surface area is 125 Å². The molecule has 4 heteroatoms. The number of alkyl halides is 1. The first-order valence-corrected chi connectivity index (χ1v) is 7.72. The van der Waals surface area contributed by atoms with Crippen molar-refractivity contribution in [3.05, 3.63) is 29.8 Å². The fraction of sp³-hybridized carbons (Fsp3) is 0.562. The van der Waals surface area contributed by atoms with Gasteiger partial charge in [-0.05, 0) is 42.4 Å². The maximum atomic E-state index is 11.9. The largest absolute Gasteiger partial charge is 0.497 e. The van der Waals surface area contributed by atoms with Crippen LogP contribution in [0.2, 0.25) is 0 Å². The predicted octanol–water partition coefficient (Wildman–Crippen LogP) is 3.01. The third-order valence-corrected chi connectivity index (χ3v) is 4.50. The Bertz CT molecular complexity index is 433. The van der Waals surface area contributed by atoms with Crippen molar-refractivity contribution >= 4 is 17.5 Å². The number of carbonyl (C=O) groups is 1. The second-order valence-corrected chi connectivity index (χ2v) is 5.74. The zero-order valence-electron chi connectivity index (χ0n) is 11.9. The van der Waals surface area contributed by atoms with Gasteiger partial charge in [-0.2, -0.15) is 0 Å². The molecule has 1 fully saturated rings. The number of amides is 1. The van der Waals surface area contributed by atoms with Crippen molar-refractivity contribution in [2.75, 3.05) is 19.5 Å². The minimum absolute atomic E-state index is 0.0791. The van der Waals surface area contributed by atoms with Crippen LogP contribution in [0.25, 0.3) is 0 Å². The van der Waals surface area contributed by atoms with Crippen LogP contribution >= 0.6 is 11.6 Å². The van der Waals surface area contributed by atoms with Gasteiger partial charge in [0.2, 0.25) is 5.91 Å². The van der Waals surface area contributed by atoms with Crippen LogP contribution < -0.4 is 10.1 Å². The van der Waals surface area contributed by atoms with Crippen LogP contribution in [0.3, 0.4) is 0 Å². The predicted molar refractivity (Wildman–Crippen MR) is 81.3 cm³/mol. The summed E-state index contributed by atoms with van der Waals surface area (Å²) in [6.45, 7) is 0.756. The summed E-state index contributed by atoms with van der Waals surface area (Å²) < 4.78 is 5.10. The summed E-state index contributed by atoms with van der Waals surface area (Å²) in [5.74, 6) is 2.71. The molecule has 0 spiro atoms. The zero-order valence-corrected chi connectivity index (χ0v) is 12.7. The molecule has 20 heavy (non-hydrogen) atoms. The van der Waals surface area contributed by atoms with Crippen molar-refractivity contribution in [1.82, 2.24) is 5.32 Å². The van der Waals surface area contributed by atoms with Crippen LogP contribution in [-0.4, -0.2) is 25.4 Å². The van der Waals surface area contributed by atoms with Crippen LogP contribution in [-0.2, 0) is 11.2 Å². The lowest BCUT2D eigenvalue weighted by Gasteiger charge is -2.17. The van der Waals surface area contributed by atoms with Crippen LogP contribution in [0.1, 0.15) is 24.8 Å². The number of ether oxygens (including phenoxy) is 1. The summed E-state index contributed by atoms with van der Waals surface area (Å²) in [7, 11) is 1.64. The molecule has 1 saturated carbocycles. The van der Waals surface area contributed by atoms with E-state index in [0.717, 1.165) is 17.9 Å². The number of carbonyl (C=O) groups excluding carboxylic acids is 1. The number of rotatable bonds is 6. The van der Waals surface area contributed by atoms with Gasteiger partial charge in [0, 0.05) is 12.4 Å². The molecule has 2 rings (SSSR count). The summed E-state index contributed by atoms with van der Waals surface area (Å²) in [5, 5.41) is 3.04. The van der Waals surface area contributed by atoms with E-state index in [9.17, 15) is 4.79 Å². The molecule has 0 radical (unpaired) electrons. The van der Waals surface area contributed by atoms with Crippen LogP contribution in [0.4, 0.5) is 0 Å². The lowest BCUT2D eigenvalue weighted by Crippen LogP contribution is -2.32. The lowest BCUT2D eigenvalue weighted by atomic mass is 9.98. The fourth-order valence-electron chi connectivity index (χ4n) is 2.82. The quantitative estimate of drug-likeness (QED) is 0.819. The molecule has 1 aromatic carbocycles. The second-order valence-electron chi connectivity index (χ2n) is 5.43. The molecule has 1 aliphatic carbocycles. The standard InChI is InChI=1S/C16H22ClNO2/c1-20-15-7-5-12(6-8-15)9-16(19)18-11-14-4-2-3-13(14)10-17/h5-8,13-14H,2-4,9-11H2,1H3,(H,18,19). The van der Waals surface area contributed by atoms with Crippen molar-refractivity contribution < 1.29 is 9.53 Å². The molecule has 0 aliphatic heterocycles. The van der Waals surface area contributed by atoms with Gasteiger partial charge in [-0.15, -0.1) is 11.6 Å². The Kier molecular flexibility index (Phi) is 5.72. The van der Waals surface area contributed by atoms with E-state index in [-0.39, 0.29) is 5.91 Å². The minimum atomic E-state index is 0.0791. The van der Waals surface area contributed by atoms with Crippen molar-refractivity contribution in [2.45, 2.75) is 25.7 Å². The van der Waals surface area contributed by atoms with Gasteiger partial charge < -0.3 is 10.1 Å². The first-order chi connectivity index (χ1) is 9.72. The molecule has 1 amide bonds. The lowest BCUT2D eigenvalue weighted by molar-refractivity contribution is -0.120. The molecule has 3 nitrogen and oxygen atoms in total. The van der Waals surface area contributed by atoms with E-state index < -0.39 is 0 Å². The van der Waals surface area contributed by atoms with Gasteiger partial charge >= 0.3 is 0 Å². The normalized spacial score (nSPS) is 21.7. The van der Waals surface area contributed by atoms with Gasteiger partial charge in [-0.1, -0.05) is 18.6 Å². The average Bonchev–Trinajstić information content (AvgIpc) is 2.93. The highest BCUT2D eigenvalue weighted by Crippen LogP contribution is 2.31. The smallest absolute Gasteiger partial charge is 0.224 e. The molecule has 110 valence electrons. The second kappa shape index (κ2) is 7.53. The molecule has 1 aromatic rings. The molecule has 0 aromatic heterocycles. The molecule has 0 bridgehead atoms. The maximum Gasteiger partial charge on any atom is 0.224 e. The highest BCUT2D eigenvalue weighted by molar-refractivity contribution is 6.18. The molecule has 0 saturated heterocycles. The van der Waals surface area contributed by atoms with Crippen LogP contribution in [0, 0.1) is 11.8 Å². The molecule has 0 heterocycles. The first kappa shape index (κ1) is 15.2. The van der Waals surface area contributed by atoms with Crippen molar-refractivity contribution in [3.63, 3.8) is 0 Å². The monoisotopic (exact) mass is 295 g/mol. The Balaban J connectivity index is 1.77. The molecular weight excluding hydrogens is 274 g/mol. The minimum Gasteiger partial charge on any atom is -0.497 e. The van der Waals surface area contributed by atoms with Gasteiger partial charge in [0.25, 0.3) is 0 Å². The van der Waals surface area contributed by atoms with Crippen LogP contribution in [0.15, 0.2) is 24.3 Å². The Morgan fingerprint density at radius 2 is 2.00 bits per heavy atom. The van der Waals surface area contributed by atoms with Gasteiger partial charge in [0.1, 0.15) is 5.75 Å². The number of halogens is 1. The third kappa shape index (κ3) is 4.14. The highest BCUT2D eigenvalue weighted by atomic mass is 35.5. The summed E-state index contributed by atoms with van der Waals surface area (Å²) in [6.07, 6.45) is 4.03. The van der Waals surface area contributed by atoms with E-state index >= 15 is 0 Å². The molecule has 2 unspecified atom stereocenters. The number of benzene rings is 1. The first-order valence-electron chi connectivity index (χ1n) is 7.18. The molecular formula is C16H22ClNO2. The van der Waals surface area contributed by atoms with E-state index in [1.165, 1.54) is 19.3 Å². The van der Waals surface area contributed by atoms with Gasteiger partial charge in [-0.25, -0.2) is 0 Å². The molecule has 2 atom stereocenters. The van der Waals surface area contributed by atoms with E-state index in [0.29, 0.717) is 24.1 Å². The zero-order chi connectivity index (χ0) is 14.4. The Morgan fingerprint density at radius 3 is 2.65 bits per heavy atom. The van der Waals surface area contributed by atoms with E-state index in [1.54, 1.807) is 7.11 Å². The van der Waals surface area contributed by atoms with E-state index in [4.69, 9.17) is 16.3 Å². The molecule has 1 N–H and O–H groups in total. The number of hydrogen-bond acceptors (Lipinski definition) is 2. The topological polar surface area (TPSA) is 38.3 Å². The Hall–Kier alpha value is -1.22. The number of nitrogens with one attached hydrogen (secondary N) is 1. The third-order valence-electron chi connectivity index (χ3n) is 4.10. The summed E-state index contributed by atoms with van der Waals surface area (Å²) in [6, 6.07) is 7.61. The maximum absolute atomic E-state index is 11.9. The van der Waals surface area contributed by atoms with Gasteiger partial charge in [0.05, 0.1) is 13.5 Å². The average molecular weight is 296 g/mol. The van der Waals surface area contributed by atoms with Crippen molar-refractivity contribution in [1.29, 1.82) is 0 Å². The number of methoxy groups -OCH3 is 1. The number of hydrogen-bond donors (Lipinski definition) is 1. The molecule has 1 aliphatic rings. The summed E-state index contributed by atoms with van der Waals surface area (Å²) >= 11 is 5.95. The Morgan fingerprint density at radius 1 is 1.30 bits per heavy atom. The van der Waals surface area contributed by atoms with Gasteiger partial charge in [0.15, 0.2) is 0 Å². The van der Waals surface area contributed by atoms with Gasteiger partial charge in [-0.3, -0.25) is 4.79 Å². The van der Waals surface area contributed by atoms with Crippen molar-refractivity contribution in [2.24, 2.45) is 11.8 Å². The van der Waals surface area contributed by atoms with E-state index in [1.807, 2.05) is 24.3 Å². The highest BCUT2D eigenvalue weighted by Gasteiger charge is 2.26. The van der Waals surface area contributed by atoms with Crippen LogP contribution in [0.5, 0.6) is 5.75 Å². The van der Waals surface area contributed by atoms with Crippen molar-refractivity contribution in [3.8, 4) is 5.75 Å². The SMILES string of the molecule is COc1ccc(CC(=O)NCC2CCCC2CCl)cc1. The summed E-state index contributed by atoms with van der Waals surface area (Å²) in [4.78, 5) is 11.9. The summed E-state index contributed by atoms with van der Waals surface area (Å²) in [5.41, 5.74) is 1.00.